The second-order valence-corrected chi connectivity index (χ2v) is 4.34. The van der Waals surface area contributed by atoms with E-state index < -0.39 is 17.5 Å². The van der Waals surface area contributed by atoms with Gasteiger partial charge in [0.2, 0.25) is 0 Å². The number of benzene rings is 2. The molecule has 0 atom stereocenters. The first kappa shape index (κ1) is 15.0. The molecule has 0 amide bonds. The number of phenols is 1. The third-order valence-corrected chi connectivity index (χ3v) is 2.80. The van der Waals surface area contributed by atoms with Crippen molar-refractivity contribution in [3.8, 4) is 11.5 Å². The van der Waals surface area contributed by atoms with E-state index in [-0.39, 0.29) is 18.0 Å². The van der Waals surface area contributed by atoms with E-state index in [1.165, 1.54) is 6.07 Å². The third-order valence-electron chi connectivity index (χ3n) is 2.80. The highest BCUT2D eigenvalue weighted by molar-refractivity contribution is 5.47. The molecule has 2 rings (SSSR count). The van der Waals surface area contributed by atoms with Gasteiger partial charge in [0, 0.05) is 24.4 Å². The Bertz CT molecular complexity index is 624. The minimum Gasteiger partial charge on any atom is -0.504 e. The molecule has 3 nitrogen and oxygen atoms in total. The number of phenolic OH excluding ortho intramolecular Hbond substituents is 1. The summed E-state index contributed by atoms with van der Waals surface area (Å²) in [7, 11) is 0. The molecule has 0 saturated carbocycles. The van der Waals surface area contributed by atoms with Gasteiger partial charge in [0.1, 0.15) is 0 Å². The molecule has 112 valence electrons. The number of nitrogens with one attached hydrogen (secondary N) is 1. The molecule has 0 radical (unpaired) electrons. The van der Waals surface area contributed by atoms with Gasteiger partial charge in [-0.05, 0) is 24.6 Å². The first-order chi connectivity index (χ1) is 10.0. The van der Waals surface area contributed by atoms with Crippen LogP contribution in [0.15, 0.2) is 30.3 Å². The van der Waals surface area contributed by atoms with Crippen molar-refractivity contribution in [1.82, 2.24) is 0 Å². The molecule has 2 aromatic rings. The minimum absolute atomic E-state index is 0.0134. The SMILES string of the molecule is CCOc1cc(CNc2cc(F)c(F)c(F)c2)ccc1O. The van der Waals surface area contributed by atoms with E-state index in [0.717, 1.165) is 17.7 Å². The molecule has 0 fully saturated rings. The van der Waals surface area contributed by atoms with E-state index in [1.807, 2.05) is 0 Å². The van der Waals surface area contributed by atoms with Gasteiger partial charge in [0.25, 0.3) is 0 Å². The summed E-state index contributed by atoms with van der Waals surface area (Å²) in [5.74, 6) is -3.66. The van der Waals surface area contributed by atoms with Crippen molar-refractivity contribution in [2.45, 2.75) is 13.5 Å². The summed E-state index contributed by atoms with van der Waals surface area (Å²) in [6.45, 7) is 2.43. The number of halogens is 3. The van der Waals surface area contributed by atoms with Crippen LogP contribution in [-0.2, 0) is 6.54 Å². The Hall–Kier alpha value is -2.37. The number of aromatic hydroxyl groups is 1. The third kappa shape index (κ3) is 3.59. The van der Waals surface area contributed by atoms with Gasteiger partial charge in [-0.15, -0.1) is 0 Å². The molecule has 21 heavy (non-hydrogen) atoms. The van der Waals surface area contributed by atoms with Gasteiger partial charge in [-0.2, -0.15) is 0 Å². The van der Waals surface area contributed by atoms with E-state index >= 15 is 0 Å². The zero-order valence-electron chi connectivity index (χ0n) is 11.3. The summed E-state index contributed by atoms with van der Waals surface area (Å²) in [5, 5.41) is 12.3. The normalized spacial score (nSPS) is 10.5. The molecule has 0 aliphatic heterocycles. The number of anilines is 1. The summed E-state index contributed by atoms with van der Waals surface area (Å²) in [6.07, 6.45) is 0. The van der Waals surface area contributed by atoms with Crippen LogP contribution in [0.1, 0.15) is 12.5 Å². The van der Waals surface area contributed by atoms with Crippen molar-refractivity contribution in [3.05, 3.63) is 53.3 Å². The first-order valence-electron chi connectivity index (χ1n) is 6.34. The van der Waals surface area contributed by atoms with Crippen LogP contribution in [0.2, 0.25) is 0 Å². The molecule has 6 heteroatoms. The summed E-state index contributed by atoms with van der Waals surface area (Å²) in [4.78, 5) is 0. The molecule has 0 aliphatic rings. The highest BCUT2D eigenvalue weighted by atomic mass is 19.2. The maximum atomic E-state index is 13.1. The fourth-order valence-electron chi connectivity index (χ4n) is 1.80. The molecular weight excluding hydrogens is 283 g/mol. The van der Waals surface area contributed by atoms with Crippen LogP contribution in [0.25, 0.3) is 0 Å². The summed E-state index contributed by atoms with van der Waals surface area (Å²) in [6, 6.07) is 6.47. The van der Waals surface area contributed by atoms with Crippen molar-refractivity contribution in [1.29, 1.82) is 0 Å². The molecule has 2 aromatic carbocycles. The molecule has 0 bridgehead atoms. The van der Waals surface area contributed by atoms with Crippen molar-refractivity contribution in [2.24, 2.45) is 0 Å². The van der Waals surface area contributed by atoms with Crippen LogP contribution in [0.4, 0.5) is 18.9 Å². The van der Waals surface area contributed by atoms with Gasteiger partial charge in [-0.25, -0.2) is 13.2 Å². The molecule has 0 heterocycles. The number of hydrogen-bond donors (Lipinski definition) is 2. The van der Waals surface area contributed by atoms with Gasteiger partial charge < -0.3 is 15.2 Å². The van der Waals surface area contributed by atoms with Crippen molar-refractivity contribution < 1.29 is 23.0 Å². The van der Waals surface area contributed by atoms with Crippen molar-refractivity contribution >= 4 is 5.69 Å². The Kier molecular flexibility index (Phi) is 4.57. The molecule has 0 saturated heterocycles. The maximum Gasteiger partial charge on any atom is 0.194 e. The minimum atomic E-state index is -1.50. The fraction of sp³-hybridized carbons (Fsp3) is 0.200. The maximum absolute atomic E-state index is 13.1. The van der Waals surface area contributed by atoms with Crippen LogP contribution in [0, 0.1) is 17.5 Å². The molecule has 2 N–H and O–H groups in total. The van der Waals surface area contributed by atoms with E-state index in [0.29, 0.717) is 12.4 Å². The van der Waals surface area contributed by atoms with Crippen LogP contribution >= 0.6 is 0 Å². The van der Waals surface area contributed by atoms with E-state index in [9.17, 15) is 18.3 Å². The lowest BCUT2D eigenvalue weighted by Gasteiger charge is -2.10. The first-order valence-corrected chi connectivity index (χ1v) is 6.34. The lowest BCUT2D eigenvalue weighted by atomic mass is 10.2. The Balaban J connectivity index is 2.11. The monoisotopic (exact) mass is 297 g/mol. The van der Waals surface area contributed by atoms with Crippen molar-refractivity contribution in [3.63, 3.8) is 0 Å². The molecule has 0 aromatic heterocycles. The molecular formula is C15H14F3NO2. The smallest absolute Gasteiger partial charge is 0.194 e. The quantitative estimate of drug-likeness (QED) is 0.824. The second-order valence-electron chi connectivity index (χ2n) is 4.34. The van der Waals surface area contributed by atoms with Gasteiger partial charge in [0.05, 0.1) is 6.61 Å². The largest absolute Gasteiger partial charge is 0.504 e. The Morgan fingerprint density at radius 1 is 1.10 bits per heavy atom. The van der Waals surface area contributed by atoms with E-state index in [4.69, 9.17) is 4.74 Å². The topological polar surface area (TPSA) is 41.5 Å². The van der Waals surface area contributed by atoms with Gasteiger partial charge in [-0.3, -0.25) is 0 Å². The number of hydrogen-bond acceptors (Lipinski definition) is 3. The zero-order valence-corrected chi connectivity index (χ0v) is 11.3. The van der Waals surface area contributed by atoms with E-state index in [1.54, 1.807) is 19.1 Å². The average molecular weight is 297 g/mol. The second kappa shape index (κ2) is 6.39. The summed E-state index contributed by atoms with van der Waals surface area (Å²) in [5.41, 5.74) is 0.860. The van der Waals surface area contributed by atoms with E-state index in [2.05, 4.69) is 5.32 Å². The van der Waals surface area contributed by atoms with Crippen LogP contribution in [0.5, 0.6) is 11.5 Å². The standard InChI is InChI=1S/C15H14F3NO2/c1-2-21-14-5-9(3-4-13(14)20)8-19-10-6-11(16)15(18)12(17)7-10/h3-7,19-20H,2,8H2,1H3. The fourth-order valence-corrected chi connectivity index (χ4v) is 1.80. The lowest BCUT2D eigenvalue weighted by molar-refractivity contribution is 0.318. The van der Waals surface area contributed by atoms with Crippen LogP contribution in [0.3, 0.4) is 0 Å². The zero-order chi connectivity index (χ0) is 15.4. The number of ether oxygens (including phenoxy) is 1. The highest BCUT2D eigenvalue weighted by Crippen LogP contribution is 2.27. The predicted molar refractivity (Wildman–Crippen MR) is 72.9 cm³/mol. The van der Waals surface area contributed by atoms with Gasteiger partial charge >= 0.3 is 0 Å². The summed E-state index contributed by atoms with van der Waals surface area (Å²) >= 11 is 0. The number of rotatable bonds is 5. The predicted octanol–water partition coefficient (Wildman–Crippen LogP) is 3.82. The Morgan fingerprint density at radius 3 is 2.38 bits per heavy atom. The lowest BCUT2D eigenvalue weighted by Crippen LogP contribution is -2.02. The molecule has 0 aliphatic carbocycles. The van der Waals surface area contributed by atoms with Crippen LogP contribution < -0.4 is 10.1 Å². The molecule has 0 unspecified atom stereocenters. The Labute approximate surface area is 120 Å². The van der Waals surface area contributed by atoms with Gasteiger partial charge in [0.15, 0.2) is 29.0 Å². The van der Waals surface area contributed by atoms with Crippen molar-refractivity contribution in [2.75, 3.05) is 11.9 Å². The van der Waals surface area contributed by atoms with Gasteiger partial charge in [-0.1, -0.05) is 6.07 Å². The molecule has 0 spiro atoms. The summed E-state index contributed by atoms with van der Waals surface area (Å²) < 4.78 is 44.2. The average Bonchev–Trinajstić information content (AvgIpc) is 2.45. The Morgan fingerprint density at radius 2 is 1.76 bits per heavy atom. The highest BCUT2D eigenvalue weighted by Gasteiger charge is 2.10. The van der Waals surface area contributed by atoms with Crippen LogP contribution in [-0.4, -0.2) is 11.7 Å².